The first-order valence-electron chi connectivity index (χ1n) is 27.3. The number of benzene rings is 9. The summed E-state index contributed by atoms with van der Waals surface area (Å²) in [4.78, 5) is 0. The smallest absolute Gasteiger partial charge is 0.000710 e. The van der Waals surface area contributed by atoms with Crippen LogP contribution in [0.4, 0.5) is 0 Å². The number of rotatable bonds is 11. The minimum Gasteiger partial charge on any atom is -0.0912 e. The van der Waals surface area contributed by atoms with Crippen LogP contribution in [0, 0.1) is 6.92 Å². The molecular weight excluding hydrogens is 901 g/mol. The molecule has 1 atom stereocenters. The molecule has 1 aliphatic carbocycles. The Morgan fingerprint density at radius 3 is 1.47 bits per heavy atom. The minimum absolute atomic E-state index is 0. The van der Waals surface area contributed by atoms with E-state index in [0.29, 0.717) is 0 Å². The molecule has 9 aromatic carbocycles. The predicted molar refractivity (Wildman–Crippen MR) is 337 cm³/mol. The van der Waals surface area contributed by atoms with Crippen LogP contribution in [-0.2, 0) is 6.42 Å². The van der Waals surface area contributed by atoms with Gasteiger partial charge in [-0.15, -0.1) is 0 Å². The van der Waals surface area contributed by atoms with Crippen LogP contribution in [0.3, 0.4) is 0 Å². The summed E-state index contributed by atoms with van der Waals surface area (Å²) in [5.74, 6) is 0.259. The van der Waals surface area contributed by atoms with E-state index in [4.69, 9.17) is 0 Å². The number of allylic oxidation sites excluding steroid dienone is 6. The fraction of sp³-hybridized carbons (Fsp3) is 0.200. The van der Waals surface area contributed by atoms with E-state index in [9.17, 15) is 0 Å². The Bertz CT molecular complexity index is 3300. The molecule has 0 spiro atoms. The summed E-state index contributed by atoms with van der Waals surface area (Å²) < 4.78 is 0. The number of fused-ring (bicyclic) bond motifs is 2. The minimum atomic E-state index is 0. The molecule has 0 saturated carbocycles. The van der Waals surface area contributed by atoms with E-state index in [1.54, 1.807) is 0 Å². The monoisotopic (exact) mass is 983 g/mol. The largest absolute Gasteiger partial charge is 0.0912 e. The molecule has 0 nitrogen and oxygen atoms in total. The molecule has 0 amide bonds. The van der Waals surface area contributed by atoms with Crippen LogP contribution in [0.2, 0.25) is 0 Å². The van der Waals surface area contributed by atoms with E-state index in [0.717, 1.165) is 24.0 Å². The van der Waals surface area contributed by atoms with Crippen LogP contribution in [0.5, 0.6) is 0 Å². The van der Waals surface area contributed by atoms with Crippen molar-refractivity contribution in [1.29, 1.82) is 0 Å². The van der Waals surface area contributed by atoms with Crippen LogP contribution >= 0.6 is 0 Å². The van der Waals surface area contributed by atoms with Gasteiger partial charge in [-0.1, -0.05) is 295 Å². The van der Waals surface area contributed by atoms with Crippen molar-refractivity contribution in [1.82, 2.24) is 0 Å². The normalized spacial score (nSPS) is 11.8. The van der Waals surface area contributed by atoms with Crippen molar-refractivity contribution in [3.05, 3.63) is 270 Å². The first-order chi connectivity index (χ1) is 36.4. The van der Waals surface area contributed by atoms with Crippen molar-refractivity contribution in [2.45, 2.75) is 102 Å². The molecule has 0 radical (unpaired) electrons. The Hall–Kier alpha value is -7.80. The maximum absolute atomic E-state index is 4.50. The molecule has 0 N–H and O–H groups in total. The standard InChI is InChI=1S/C66H54.4C2H6.CH4/c1-45(23-25-51-31-37-57-39-41-59(43-65(57)47(51)3)53-15-7-5-8-16-53)49-27-33-55(34-28-49)61-19-11-13-21-63(61)64-22-14-12-20-62(64)56-35-29-50(30-36-56)46(2)24-26-52-32-38-58-40-42-60(44-66(58)48(52)4)54-17-9-6-10-18-54;4*1-2;/h5-30,32-36,38-44,46H,1,31,37H2,2-4H3;4*1-2H3;1H4/b25-23-,26-24-;;;;;. The van der Waals surface area contributed by atoms with Gasteiger partial charge in [0.1, 0.15) is 0 Å². The van der Waals surface area contributed by atoms with Crippen LogP contribution in [0.15, 0.2) is 237 Å². The maximum Gasteiger partial charge on any atom is -0.000710 e. The van der Waals surface area contributed by atoms with Crippen molar-refractivity contribution in [3.63, 3.8) is 0 Å². The fourth-order valence-electron chi connectivity index (χ4n) is 9.70. The Labute approximate surface area is 453 Å². The molecule has 0 saturated heterocycles. The second-order valence-corrected chi connectivity index (χ2v) is 17.8. The highest BCUT2D eigenvalue weighted by atomic mass is 14.2. The fourth-order valence-corrected chi connectivity index (χ4v) is 9.70. The van der Waals surface area contributed by atoms with Crippen LogP contribution in [0.1, 0.15) is 122 Å². The van der Waals surface area contributed by atoms with E-state index in [2.05, 4.69) is 258 Å². The Kier molecular flexibility index (Phi) is 22.6. The van der Waals surface area contributed by atoms with Gasteiger partial charge in [0.2, 0.25) is 0 Å². The number of aryl methyl sites for hydroxylation is 2. The van der Waals surface area contributed by atoms with Gasteiger partial charge in [-0.25, -0.2) is 0 Å². The Balaban J connectivity index is 0.00000110. The SMILES string of the molecule is C.C=C(/C=C\C1=C(C)c2cc(-c3ccccc3)ccc2CC1)c1ccc(-c2ccccc2-c2ccccc2-c2ccc(C(C)/C=C\c3ccc4ccc(-c5ccccc5)cc4c3C)cc2)cc1.CC.CC.CC.CC. The molecule has 0 fully saturated rings. The van der Waals surface area contributed by atoms with Gasteiger partial charge in [-0.2, -0.15) is 0 Å². The van der Waals surface area contributed by atoms with Gasteiger partial charge in [0.25, 0.3) is 0 Å². The van der Waals surface area contributed by atoms with Crippen molar-refractivity contribution < 1.29 is 0 Å². The molecule has 1 aliphatic rings. The summed E-state index contributed by atoms with van der Waals surface area (Å²) in [6.07, 6.45) is 11.2. The van der Waals surface area contributed by atoms with E-state index < -0.39 is 0 Å². The van der Waals surface area contributed by atoms with E-state index >= 15 is 0 Å². The first-order valence-corrected chi connectivity index (χ1v) is 27.3. The lowest BCUT2D eigenvalue weighted by atomic mass is 9.84. The Morgan fingerprint density at radius 1 is 0.440 bits per heavy atom. The number of hydrogen-bond donors (Lipinski definition) is 0. The third-order valence-corrected chi connectivity index (χ3v) is 13.7. The summed E-state index contributed by atoms with van der Waals surface area (Å²) in [6.45, 7) is 27.3. The van der Waals surface area contributed by atoms with Gasteiger partial charge in [0.05, 0.1) is 0 Å². The summed E-state index contributed by atoms with van der Waals surface area (Å²) >= 11 is 0. The summed E-state index contributed by atoms with van der Waals surface area (Å²) in [5, 5.41) is 2.57. The third-order valence-electron chi connectivity index (χ3n) is 13.7. The van der Waals surface area contributed by atoms with E-state index in [1.165, 1.54) is 105 Å². The molecule has 1 unspecified atom stereocenters. The van der Waals surface area contributed by atoms with Gasteiger partial charge in [-0.3, -0.25) is 0 Å². The topological polar surface area (TPSA) is 0 Å². The van der Waals surface area contributed by atoms with Crippen molar-refractivity contribution in [2.24, 2.45) is 0 Å². The summed E-state index contributed by atoms with van der Waals surface area (Å²) in [5.41, 5.74) is 23.8. The average molecular weight is 983 g/mol. The van der Waals surface area contributed by atoms with Gasteiger partial charge in [0, 0.05) is 0 Å². The van der Waals surface area contributed by atoms with E-state index in [1.807, 2.05) is 55.4 Å². The molecule has 75 heavy (non-hydrogen) atoms. The lowest BCUT2D eigenvalue weighted by Crippen LogP contribution is -2.02. The molecule has 0 heteroatoms. The van der Waals surface area contributed by atoms with Gasteiger partial charge >= 0.3 is 0 Å². The zero-order valence-electron chi connectivity index (χ0n) is 46.1. The molecule has 0 heterocycles. The zero-order chi connectivity index (χ0) is 53.0. The van der Waals surface area contributed by atoms with Crippen LogP contribution in [0.25, 0.3) is 83.6 Å². The Morgan fingerprint density at radius 2 is 0.907 bits per heavy atom. The van der Waals surface area contributed by atoms with Gasteiger partial charge in [-0.05, 0) is 161 Å². The molecular formula is C75H82. The van der Waals surface area contributed by atoms with Gasteiger partial charge in [0.15, 0.2) is 0 Å². The van der Waals surface area contributed by atoms with Crippen molar-refractivity contribution in [2.75, 3.05) is 0 Å². The second kappa shape index (κ2) is 29.2. The summed E-state index contributed by atoms with van der Waals surface area (Å²) in [6, 6.07) is 75.2. The van der Waals surface area contributed by atoms with Crippen LogP contribution in [-0.4, -0.2) is 0 Å². The molecule has 9 aromatic rings. The first kappa shape index (κ1) is 58.1. The third kappa shape index (κ3) is 13.9. The van der Waals surface area contributed by atoms with Crippen molar-refractivity contribution in [3.8, 4) is 55.6 Å². The molecule has 382 valence electrons. The molecule has 10 rings (SSSR count). The highest BCUT2D eigenvalue weighted by Gasteiger charge is 2.17. The average Bonchev–Trinajstić information content (AvgIpc) is 3.49. The second-order valence-electron chi connectivity index (χ2n) is 17.8. The predicted octanol–water partition coefficient (Wildman–Crippen LogP) is 23.0. The highest BCUT2D eigenvalue weighted by Crippen LogP contribution is 2.40. The molecule has 0 aliphatic heterocycles. The van der Waals surface area contributed by atoms with Gasteiger partial charge < -0.3 is 0 Å². The van der Waals surface area contributed by atoms with Crippen molar-refractivity contribution >= 4 is 28.0 Å². The molecule has 0 bridgehead atoms. The van der Waals surface area contributed by atoms with E-state index in [-0.39, 0.29) is 13.3 Å². The quantitative estimate of drug-likeness (QED) is 0.113. The van der Waals surface area contributed by atoms with Crippen LogP contribution < -0.4 is 0 Å². The summed E-state index contributed by atoms with van der Waals surface area (Å²) in [7, 11) is 0. The lowest BCUT2D eigenvalue weighted by Gasteiger charge is -2.21. The lowest BCUT2D eigenvalue weighted by molar-refractivity contribution is 0.939. The maximum atomic E-state index is 4.50. The molecule has 0 aromatic heterocycles. The number of hydrogen-bond acceptors (Lipinski definition) is 0. The zero-order valence-corrected chi connectivity index (χ0v) is 46.1. The highest BCUT2D eigenvalue weighted by molar-refractivity contribution is 5.93.